The van der Waals surface area contributed by atoms with E-state index in [0.717, 1.165) is 0 Å². The van der Waals surface area contributed by atoms with Crippen molar-refractivity contribution in [1.29, 1.82) is 0 Å². The Morgan fingerprint density at radius 1 is 1.30 bits per heavy atom. The molecule has 1 unspecified atom stereocenters. The summed E-state index contributed by atoms with van der Waals surface area (Å²) in [5, 5.41) is -0.363. The number of hydrogen-bond donors (Lipinski definition) is 0. The average molecular weight is 318 g/mol. The van der Waals surface area contributed by atoms with E-state index in [-0.39, 0.29) is 5.91 Å². The number of likely N-dealkylation sites (N-methyl/N-ethyl adjacent to an activating group) is 1. The summed E-state index contributed by atoms with van der Waals surface area (Å²) >= 11 is 12.4. The molecule has 0 radical (unpaired) electrons. The van der Waals surface area contributed by atoms with E-state index < -0.39 is 5.38 Å². The van der Waals surface area contributed by atoms with E-state index in [1.54, 1.807) is 17.0 Å². The fraction of sp³-hybridized carbons (Fsp3) is 0.500. The van der Waals surface area contributed by atoms with E-state index in [2.05, 4.69) is 0 Å². The highest BCUT2D eigenvalue weighted by Gasteiger charge is 2.25. The first-order chi connectivity index (χ1) is 9.58. The molecular formula is C14H17Cl2NO3. The Morgan fingerprint density at radius 3 is 2.60 bits per heavy atom. The van der Waals surface area contributed by atoms with Crippen LogP contribution in [0, 0.1) is 0 Å². The number of rotatable bonds is 4. The largest absolute Gasteiger partial charge is 0.486 e. The van der Waals surface area contributed by atoms with Gasteiger partial charge in [0.25, 0.3) is 0 Å². The molecule has 0 fully saturated rings. The van der Waals surface area contributed by atoms with Gasteiger partial charge in [-0.25, -0.2) is 0 Å². The summed E-state index contributed by atoms with van der Waals surface area (Å²) < 4.78 is 10.9. The van der Waals surface area contributed by atoms with Crippen LogP contribution in [-0.4, -0.2) is 37.1 Å². The highest BCUT2D eigenvalue weighted by molar-refractivity contribution is 6.33. The van der Waals surface area contributed by atoms with Gasteiger partial charge in [-0.15, -0.1) is 11.6 Å². The van der Waals surface area contributed by atoms with Crippen molar-refractivity contribution in [2.24, 2.45) is 0 Å². The molecule has 0 saturated carbocycles. The summed E-state index contributed by atoms with van der Waals surface area (Å²) in [6.07, 6.45) is 0. The third kappa shape index (κ3) is 2.96. The van der Waals surface area contributed by atoms with Crippen LogP contribution in [0.15, 0.2) is 12.1 Å². The number of carbonyl (C=O) groups excluding carboxylic acids is 1. The number of amides is 1. The van der Waals surface area contributed by atoms with Gasteiger partial charge in [-0.3, -0.25) is 4.79 Å². The molecule has 1 aromatic carbocycles. The van der Waals surface area contributed by atoms with Crippen LogP contribution in [0.25, 0.3) is 0 Å². The van der Waals surface area contributed by atoms with Crippen molar-refractivity contribution in [3.8, 4) is 11.5 Å². The molecule has 0 bridgehead atoms. The van der Waals surface area contributed by atoms with Crippen molar-refractivity contribution in [3.63, 3.8) is 0 Å². The average Bonchev–Trinajstić information content (AvgIpc) is 2.47. The quantitative estimate of drug-likeness (QED) is 0.800. The SMILES string of the molecule is CCN(CC)C(=O)C(Cl)c1cc(Cl)c2c(c1)OCCO2. The number of alkyl halides is 1. The van der Waals surface area contributed by atoms with E-state index in [0.29, 0.717) is 48.4 Å². The Labute approximate surface area is 128 Å². The molecule has 1 aromatic rings. The fourth-order valence-corrected chi connectivity index (χ4v) is 2.65. The Hall–Kier alpha value is -1.13. The lowest BCUT2D eigenvalue weighted by atomic mass is 10.1. The highest BCUT2D eigenvalue weighted by atomic mass is 35.5. The summed E-state index contributed by atoms with van der Waals surface area (Å²) in [5.41, 5.74) is 0.623. The van der Waals surface area contributed by atoms with Gasteiger partial charge in [0.2, 0.25) is 5.91 Å². The number of fused-ring (bicyclic) bond motifs is 1. The van der Waals surface area contributed by atoms with Gasteiger partial charge < -0.3 is 14.4 Å². The minimum atomic E-state index is -0.775. The first-order valence-corrected chi connectivity index (χ1v) is 7.41. The summed E-state index contributed by atoms with van der Waals surface area (Å²) in [6.45, 7) is 6.01. The number of halogens is 2. The molecule has 0 saturated heterocycles. The molecule has 1 aliphatic heterocycles. The van der Waals surface area contributed by atoms with Crippen LogP contribution in [0.3, 0.4) is 0 Å². The van der Waals surface area contributed by atoms with Crippen LogP contribution in [0.2, 0.25) is 5.02 Å². The number of ether oxygens (including phenoxy) is 2. The van der Waals surface area contributed by atoms with Gasteiger partial charge in [0.1, 0.15) is 18.6 Å². The Bertz CT molecular complexity index is 503. The number of carbonyl (C=O) groups is 1. The molecule has 0 N–H and O–H groups in total. The smallest absolute Gasteiger partial charge is 0.245 e. The second kappa shape index (κ2) is 6.55. The molecule has 2 rings (SSSR count). The minimum absolute atomic E-state index is 0.135. The van der Waals surface area contributed by atoms with Crippen LogP contribution in [0.1, 0.15) is 24.8 Å². The molecule has 1 heterocycles. The van der Waals surface area contributed by atoms with Gasteiger partial charge in [-0.05, 0) is 31.5 Å². The van der Waals surface area contributed by atoms with Crippen LogP contribution >= 0.6 is 23.2 Å². The predicted molar refractivity (Wildman–Crippen MR) is 79.0 cm³/mol. The van der Waals surface area contributed by atoms with Gasteiger partial charge >= 0.3 is 0 Å². The van der Waals surface area contributed by atoms with Crippen LogP contribution in [0.5, 0.6) is 11.5 Å². The molecule has 1 atom stereocenters. The normalized spacial score (nSPS) is 14.8. The monoisotopic (exact) mass is 317 g/mol. The molecular weight excluding hydrogens is 301 g/mol. The van der Waals surface area contributed by atoms with Crippen molar-refractivity contribution in [2.45, 2.75) is 19.2 Å². The summed E-state index contributed by atoms with van der Waals surface area (Å²) in [7, 11) is 0. The van der Waals surface area contributed by atoms with E-state index in [1.807, 2.05) is 13.8 Å². The number of benzene rings is 1. The first-order valence-electron chi connectivity index (χ1n) is 6.60. The first kappa shape index (κ1) is 15.3. The summed E-state index contributed by atoms with van der Waals surface area (Å²) in [6, 6.07) is 3.38. The zero-order valence-corrected chi connectivity index (χ0v) is 13.0. The zero-order chi connectivity index (χ0) is 14.7. The molecule has 0 aliphatic carbocycles. The molecule has 110 valence electrons. The molecule has 1 aliphatic rings. The van der Waals surface area contributed by atoms with Crippen LogP contribution < -0.4 is 9.47 Å². The molecule has 6 heteroatoms. The molecule has 20 heavy (non-hydrogen) atoms. The molecule has 0 spiro atoms. The maximum absolute atomic E-state index is 12.3. The molecule has 4 nitrogen and oxygen atoms in total. The van der Waals surface area contributed by atoms with Gasteiger partial charge in [0, 0.05) is 13.1 Å². The van der Waals surface area contributed by atoms with Gasteiger partial charge in [0.15, 0.2) is 11.5 Å². The third-order valence-electron chi connectivity index (χ3n) is 3.20. The number of nitrogens with zero attached hydrogens (tertiary/aromatic N) is 1. The lowest BCUT2D eigenvalue weighted by molar-refractivity contribution is -0.130. The Kier molecular flexibility index (Phi) is 5.00. The van der Waals surface area contributed by atoms with Crippen molar-refractivity contribution >= 4 is 29.1 Å². The predicted octanol–water partition coefficient (Wildman–Crippen LogP) is 3.26. The maximum Gasteiger partial charge on any atom is 0.245 e. The van der Waals surface area contributed by atoms with E-state index in [1.165, 1.54) is 0 Å². The van der Waals surface area contributed by atoms with E-state index >= 15 is 0 Å². The topological polar surface area (TPSA) is 38.8 Å². The third-order valence-corrected chi connectivity index (χ3v) is 3.92. The van der Waals surface area contributed by atoms with Crippen LogP contribution in [0.4, 0.5) is 0 Å². The van der Waals surface area contributed by atoms with Crippen molar-refractivity contribution in [1.82, 2.24) is 4.90 Å². The van der Waals surface area contributed by atoms with Gasteiger partial charge in [-0.1, -0.05) is 11.6 Å². The number of hydrogen-bond acceptors (Lipinski definition) is 3. The second-order valence-electron chi connectivity index (χ2n) is 4.40. The van der Waals surface area contributed by atoms with Crippen molar-refractivity contribution < 1.29 is 14.3 Å². The van der Waals surface area contributed by atoms with Gasteiger partial charge in [-0.2, -0.15) is 0 Å². The highest BCUT2D eigenvalue weighted by Crippen LogP contribution is 2.41. The lowest BCUT2D eigenvalue weighted by Gasteiger charge is -2.24. The Morgan fingerprint density at radius 2 is 1.95 bits per heavy atom. The van der Waals surface area contributed by atoms with Crippen molar-refractivity contribution in [2.75, 3.05) is 26.3 Å². The Balaban J connectivity index is 2.28. The minimum Gasteiger partial charge on any atom is -0.486 e. The van der Waals surface area contributed by atoms with Crippen molar-refractivity contribution in [3.05, 3.63) is 22.7 Å². The van der Waals surface area contributed by atoms with Crippen LogP contribution in [-0.2, 0) is 4.79 Å². The summed E-state index contributed by atoms with van der Waals surface area (Å²) in [5.74, 6) is 0.918. The second-order valence-corrected chi connectivity index (χ2v) is 5.24. The fourth-order valence-electron chi connectivity index (χ4n) is 2.12. The molecule has 0 aromatic heterocycles. The maximum atomic E-state index is 12.3. The lowest BCUT2D eigenvalue weighted by Crippen LogP contribution is -2.33. The summed E-state index contributed by atoms with van der Waals surface area (Å²) in [4.78, 5) is 13.9. The zero-order valence-electron chi connectivity index (χ0n) is 11.5. The van der Waals surface area contributed by atoms with Gasteiger partial charge in [0.05, 0.1) is 5.02 Å². The molecule has 1 amide bonds. The standard InChI is InChI=1S/C14H17Cl2NO3/c1-3-17(4-2)14(18)12(16)9-7-10(15)13-11(8-9)19-5-6-20-13/h7-8,12H,3-6H2,1-2H3. The van der Waals surface area contributed by atoms with E-state index in [9.17, 15) is 4.79 Å². The van der Waals surface area contributed by atoms with E-state index in [4.69, 9.17) is 32.7 Å².